The molecule has 0 saturated heterocycles. The van der Waals surface area contributed by atoms with E-state index in [0.717, 1.165) is 17.7 Å². The van der Waals surface area contributed by atoms with Crippen LogP contribution in [0.25, 0.3) is 6.08 Å². The lowest BCUT2D eigenvalue weighted by Crippen LogP contribution is -2.08. The van der Waals surface area contributed by atoms with E-state index in [4.69, 9.17) is 16.3 Å². The van der Waals surface area contributed by atoms with Gasteiger partial charge in [-0.3, -0.25) is 4.79 Å². The van der Waals surface area contributed by atoms with Gasteiger partial charge in [0, 0.05) is 6.08 Å². The molecule has 2 rings (SSSR count). The quantitative estimate of drug-likeness (QED) is 0.642. The first-order valence-electron chi connectivity index (χ1n) is 7.02. The van der Waals surface area contributed by atoms with Crippen molar-refractivity contribution in [3.63, 3.8) is 0 Å². The Morgan fingerprint density at radius 2 is 2.05 bits per heavy atom. The Morgan fingerprint density at radius 1 is 1.27 bits per heavy atom. The number of benzene rings is 1. The number of anilines is 1. The highest BCUT2D eigenvalue weighted by molar-refractivity contribution is 6.29. The van der Waals surface area contributed by atoms with Crippen molar-refractivity contribution in [2.24, 2.45) is 0 Å². The van der Waals surface area contributed by atoms with Crippen molar-refractivity contribution >= 4 is 29.4 Å². The molecule has 0 aliphatic rings. The van der Waals surface area contributed by atoms with Gasteiger partial charge in [0.25, 0.3) is 0 Å². The maximum absolute atomic E-state index is 11.8. The minimum Gasteiger partial charge on any atom is -0.494 e. The average Bonchev–Trinajstić information content (AvgIpc) is 2.52. The van der Waals surface area contributed by atoms with E-state index in [0.29, 0.717) is 17.6 Å². The number of rotatable bonds is 6. The molecule has 1 N–H and O–H groups in total. The molecule has 2 aromatic rings. The van der Waals surface area contributed by atoms with Crippen LogP contribution in [0.4, 0.5) is 5.82 Å². The van der Waals surface area contributed by atoms with Crippen molar-refractivity contribution in [1.29, 1.82) is 0 Å². The summed E-state index contributed by atoms with van der Waals surface area (Å²) in [5.41, 5.74) is 0.915. The number of nitrogens with one attached hydrogen (secondary N) is 1. The molecule has 5 heteroatoms. The Bertz CT molecular complexity index is 654. The molecule has 1 amide bonds. The minimum absolute atomic E-state index is 0.263. The summed E-state index contributed by atoms with van der Waals surface area (Å²) in [5.74, 6) is 0.984. The lowest BCUT2D eigenvalue weighted by molar-refractivity contribution is -0.111. The van der Waals surface area contributed by atoms with Gasteiger partial charge in [-0.2, -0.15) is 0 Å². The first-order valence-corrected chi connectivity index (χ1v) is 7.39. The van der Waals surface area contributed by atoms with Gasteiger partial charge in [-0.1, -0.05) is 36.7 Å². The monoisotopic (exact) mass is 316 g/mol. The van der Waals surface area contributed by atoms with Crippen LogP contribution >= 0.6 is 11.6 Å². The maximum atomic E-state index is 11.8. The minimum atomic E-state index is -0.263. The number of pyridine rings is 1. The van der Waals surface area contributed by atoms with E-state index < -0.39 is 0 Å². The number of hydrogen-bond donors (Lipinski definition) is 1. The first-order chi connectivity index (χ1) is 10.7. The number of carbonyl (C=O) groups excluding carboxylic acids is 1. The lowest BCUT2D eigenvalue weighted by Gasteiger charge is -2.04. The van der Waals surface area contributed by atoms with Crippen molar-refractivity contribution in [2.45, 2.75) is 13.3 Å². The highest BCUT2D eigenvalue weighted by atomic mass is 35.5. The predicted octanol–water partition coefficient (Wildman–Crippen LogP) is 4.18. The molecule has 0 aliphatic carbocycles. The van der Waals surface area contributed by atoms with Crippen molar-refractivity contribution < 1.29 is 9.53 Å². The number of halogens is 1. The molecule has 0 aliphatic heterocycles. The molecule has 114 valence electrons. The summed E-state index contributed by atoms with van der Waals surface area (Å²) >= 11 is 5.76. The fourth-order valence-electron chi connectivity index (χ4n) is 1.71. The number of carbonyl (C=O) groups is 1. The molecule has 0 fully saturated rings. The zero-order valence-corrected chi connectivity index (χ0v) is 13.0. The van der Waals surface area contributed by atoms with Crippen LogP contribution in [0, 0.1) is 0 Å². The molecule has 0 unspecified atom stereocenters. The van der Waals surface area contributed by atoms with Crippen LogP contribution in [0.3, 0.4) is 0 Å². The Labute approximate surface area is 134 Å². The standard InChI is InChI=1S/C17H17ClN2O2/c1-2-12-22-14-9-6-13(7-10-14)8-11-17(21)20-16-5-3-4-15(18)19-16/h3-11H,2,12H2,1H3,(H,19,20,21)/b11-8+. The third-order valence-electron chi connectivity index (χ3n) is 2.75. The number of amides is 1. The second kappa shape index (κ2) is 8.20. The Hall–Kier alpha value is -2.33. The highest BCUT2D eigenvalue weighted by Crippen LogP contribution is 2.14. The third-order valence-corrected chi connectivity index (χ3v) is 2.96. The first kappa shape index (κ1) is 16.0. The number of ether oxygens (including phenoxy) is 1. The predicted molar refractivity (Wildman–Crippen MR) is 89.1 cm³/mol. The van der Waals surface area contributed by atoms with Crippen LogP contribution in [0.2, 0.25) is 5.15 Å². The topological polar surface area (TPSA) is 51.2 Å². The van der Waals surface area contributed by atoms with Gasteiger partial charge < -0.3 is 10.1 Å². The molecule has 22 heavy (non-hydrogen) atoms. The van der Waals surface area contributed by atoms with Crippen LogP contribution in [-0.2, 0) is 4.79 Å². The fourth-order valence-corrected chi connectivity index (χ4v) is 1.88. The normalized spacial score (nSPS) is 10.6. The van der Waals surface area contributed by atoms with E-state index in [9.17, 15) is 4.79 Å². The zero-order chi connectivity index (χ0) is 15.8. The Balaban J connectivity index is 1.92. The van der Waals surface area contributed by atoms with Crippen LogP contribution in [-0.4, -0.2) is 17.5 Å². The second-order valence-electron chi connectivity index (χ2n) is 4.59. The summed E-state index contributed by atoms with van der Waals surface area (Å²) < 4.78 is 5.50. The number of nitrogens with zero attached hydrogens (tertiary/aromatic N) is 1. The molecule has 0 bridgehead atoms. The van der Waals surface area contributed by atoms with Crippen molar-refractivity contribution in [3.05, 3.63) is 59.3 Å². The summed E-state index contributed by atoms with van der Waals surface area (Å²) in [6.45, 7) is 2.76. The van der Waals surface area contributed by atoms with Crippen molar-refractivity contribution in [3.8, 4) is 5.75 Å². The van der Waals surface area contributed by atoms with Crippen LogP contribution in [0.15, 0.2) is 48.5 Å². The SMILES string of the molecule is CCCOc1ccc(/C=C/C(=O)Nc2cccc(Cl)n2)cc1. The molecule has 1 aromatic heterocycles. The van der Waals surface area contributed by atoms with Gasteiger partial charge >= 0.3 is 0 Å². The van der Waals surface area contributed by atoms with Gasteiger partial charge in [0.1, 0.15) is 16.7 Å². The molecule has 0 radical (unpaired) electrons. The molecule has 0 saturated carbocycles. The molecular weight excluding hydrogens is 300 g/mol. The molecule has 1 aromatic carbocycles. The lowest BCUT2D eigenvalue weighted by atomic mass is 10.2. The van der Waals surface area contributed by atoms with Gasteiger partial charge in [-0.05, 0) is 42.3 Å². The number of aromatic nitrogens is 1. The summed E-state index contributed by atoms with van der Waals surface area (Å²) in [6, 6.07) is 12.6. The van der Waals surface area contributed by atoms with E-state index in [2.05, 4.69) is 17.2 Å². The summed E-state index contributed by atoms with van der Waals surface area (Å²) in [7, 11) is 0. The van der Waals surface area contributed by atoms with Crippen LogP contribution in [0.5, 0.6) is 5.75 Å². The van der Waals surface area contributed by atoms with Gasteiger partial charge in [0.2, 0.25) is 5.91 Å². The summed E-state index contributed by atoms with van der Waals surface area (Å²) in [4.78, 5) is 15.8. The molecule has 1 heterocycles. The van der Waals surface area contributed by atoms with Gasteiger partial charge in [0.15, 0.2) is 0 Å². The van der Waals surface area contributed by atoms with Crippen molar-refractivity contribution in [1.82, 2.24) is 4.98 Å². The summed E-state index contributed by atoms with van der Waals surface area (Å²) in [6.07, 6.45) is 4.15. The van der Waals surface area contributed by atoms with Crippen molar-refractivity contribution in [2.75, 3.05) is 11.9 Å². The summed E-state index contributed by atoms with van der Waals surface area (Å²) in [5, 5.41) is 2.98. The van der Waals surface area contributed by atoms with Gasteiger partial charge in [-0.25, -0.2) is 4.98 Å². The van der Waals surface area contributed by atoms with Crippen LogP contribution < -0.4 is 10.1 Å². The van der Waals surface area contributed by atoms with Gasteiger partial charge in [0.05, 0.1) is 6.61 Å². The second-order valence-corrected chi connectivity index (χ2v) is 4.97. The Morgan fingerprint density at radius 3 is 2.73 bits per heavy atom. The van der Waals surface area contributed by atoms with Gasteiger partial charge in [-0.15, -0.1) is 0 Å². The molecule has 4 nitrogen and oxygen atoms in total. The van der Waals surface area contributed by atoms with E-state index in [1.165, 1.54) is 6.08 Å². The Kier molecular flexibility index (Phi) is 5.98. The van der Waals surface area contributed by atoms with Crippen LogP contribution in [0.1, 0.15) is 18.9 Å². The zero-order valence-electron chi connectivity index (χ0n) is 12.3. The number of hydrogen-bond acceptors (Lipinski definition) is 3. The van der Waals surface area contributed by atoms with E-state index in [-0.39, 0.29) is 5.91 Å². The third kappa shape index (κ3) is 5.22. The smallest absolute Gasteiger partial charge is 0.249 e. The van der Waals surface area contributed by atoms with E-state index in [1.54, 1.807) is 24.3 Å². The van der Waals surface area contributed by atoms with E-state index >= 15 is 0 Å². The largest absolute Gasteiger partial charge is 0.494 e. The maximum Gasteiger partial charge on any atom is 0.249 e. The molecule has 0 atom stereocenters. The highest BCUT2D eigenvalue weighted by Gasteiger charge is 2.00. The van der Waals surface area contributed by atoms with E-state index in [1.807, 2.05) is 24.3 Å². The average molecular weight is 317 g/mol. The molecule has 0 spiro atoms. The molecular formula is C17H17ClN2O2. The fraction of sp³-hybridized carbons (Fsp3) is 0.176.